The third-order valence-electron chi connectivity index (χ3n) is 3.42. The lowest BCUT2D eigenvalue weighted by molar-refractivity contribution is 1.09. The van der Waals surface area contributed by atoms with Crippen LogP contribution in [0.4, 0.5) is 5.69 Å². The van der Waals surface area contributed by atoms with Crippen molar-refractivity contribution in [3.05, 3.63) is 75.0 Å². The summed E-state index contributed by atoms with van der Waals surface area (Å²) >= 11 is 6.09. The first-order valence-corrected chi connectivity index (χ1v) is 7.12. The predicted octanol–water partition coefficient (Wildman–Crippen LogP) is 4.10. The van der Waals surface area contributed by atoms with E-state index in [2.05, 4.69) is 10.3 Å². The number of para-hydroxylation sites is 1. The Kier molecular flexibility index (Phi) is 3.67. The number of benzene rings is 2. The van der Waals surface area contributed by atoms with Crippen molar-refractivity contribution < 1.29 is 0 Å². The van der Waals surface area contributed by atoms with Gasteiger partial charge in [-0.15, -0.1) is 0 Å². The van der Waals surface area contributed by atoms with Crippen LogP contribution in [0, 0.1) is 6.92 Å². The van der Waals surface area contributed by atoms with E-state index < -0.39 is 0 Å². The molecule has 21 heavy (non-hydrogen) atoms. The van der Waals surface area contributed by atoms with Crippen LogP contribution >= 0.6 is 11.6 Å². The maximum absolute atomic E-state index is 12.1. The molecule has 106 valence electrons. The molecule has 0 unspecified atom stereocenters. The molecule has 0 bridgehead atoms. The zero-order chi connectivity index (χ0) is 14.8. The number of aromatic amines is 1. The Morgan fingerprint density at radius 3 is 2.76 bits per heavy atom. The number of rotatable bonds is 3. The molecule has 0 aliphatic carbocycles. The van der Waals surface area contributed by atoms with Crippen LogP contribution in [0.2, 0.25) is 5.02 Å². The van der Waals surface area contributed by atoms with Crippen LogP contribution < -0.4 is 10.9 Å². The Balaban J connectivity index is 1.91. The molecule has 2 N–H and O–H groups in total. The number of aryl methyl sites for hydroxylation is 1. The van der Waals surface area contributed by atoms with Gasteiger partial charge in [0.05, 0.1) is 10.7 Å². The van der Waals surface area contributed by atoms with Crippen LogP contribution in [0.5, 0.6) is 0 Å². The first kappa shape index (κ1) is 13.7. The summed E-state index contributed by atoms with van der Waals surface area (Å²) < 4.78 is 0. The zero-order valence-electron chi connectivity index (χ0n) is 11.6. The highest BCUT2D eigenvalue weighted by Gasteiger charge is 2.04. The minimum Gasteiger partial charge on any atom is -0.380 e. The lowest BCUT2D eigenvalue weighted by Gasteiger charge is -2.08. The summed E-state index contributed by atoms with van der Waals surface area (Å²) in [7, 11) is 0. The Morgan fingerprint density at radius 2 is 1.95 bits per heavy atom. The number of halogens is 1. The van der Waals surface area contributed by atoms with Gasteiger partial charge in [0.2, 0.25) is 0 Å². The van der Waals surface area contributed by atoms with Gasteiger partial charge in [0.25, 0.3) is 5.56 Å². The second-order valence-electron chi connectivity index (χ2n) is 5.05. The molecule has 0 fully saturated rings. The number of aromatic nitrogens is 1. The van der Waals surface area contributed by atoms with Crippen molar-refractivity contribution in [1.82, 2.24) is 4.98 Å². The number of fused-ring (bicyclic) bond motifs is 1. The predicted molar refractivity (Wildman–Crippen MR) is 88.1 cm³/mol. The molecule has 0 radical (unpaired) electrons. The summed E-state index contributed by atoms with van der Waals surface area (Å²) in [5.41, 5.74) is 3.42. The van der Waals surface area contributed by atoms with Gasteiger partial charge in [0.15, 0.2) is 0 Å². The lowest BCUT2D eigenvalue weighted by atomic mass is 10.1. The first-order valence-electron chi connectivity index (χ1n) is 6.74. The third kappa shape index (κ3) is 2.93. The Morgan fingerprint density at radius 1 is 1.14 bits per heavy atom. The molecule has 0 aliphatic rings. The maximum atomic E-state index is 12.1. The average molecular weight is 299 g/mol. The molecule has 3 nitrogen and oxygen atoms in total. The van der Waals surface area contributed by atoms with Gasteiger partial charge in [-0.3, -0.25) is 4.79 Å². The Bertz CT molecular complexity index is 855. The molecule has 0 atom stereocenters. The van der Waals surface area contributed by atoms with E-state index in [1.54, 1.807) is 0 Å². The topological polar surface area (TPSA) is 44.9 Å². The van der Waals surface area contributed by atoms with Gasteiger partial charge in [-0.25, -0.2) is 0 Å². The molecular formula is C17H15ClN2O. The van der Waals surface area contributed by atoms with Crippen molar-refractivity contribution in [1.29, 1.82) is 0 Å². The van der Waals surface area contributed by atoms with Crippen LogP contribution in [0.15, 0.2) is 53.3 Å². The van der Waals surface area contributed by atoms with Crippen LogP contribution in [-0.4, -0.2) is 4.98 Å². The van der Waals surface area contributed by atoms with Crippen LogP contribution in [0.25, 0.3) is 10.9 Å². The highest BCUT2D eigenvalue weighted by atomic mass is 35.5. The Hall–Kier alpha value is -2.26. The van der Waals surface area contributed by atoms with Crippen molar-refractivity contribution in [3.8, 4) is 0 Å². The zero-order valence-corrected chi connectivity index (χ0v) is 12.4. The molecule has 3 aromatic rings. The molecule has 0 spiro atoms. The molecule has 0 saturated carbocycles. The monoisotopic (exact) mass is 298 g/mol. The molecule has 1 heterocycles. The average Bonchev–Trinajstić information content (AvgIpc) is 2.46. The minimum atomic E-state index is -0.0762. The van der Waals surface area contributed by atoms with E-state index in [1.165, 1.54) is 0 Å². The van der Waals surface area contributed by atoms with Crippen molar-refractivity contribution in [2.24, 2.45) is 0 Å². The van der Waals surface area contributed by atoms with Gasteiger partial charge in [-0.1, -0.05) is 35.9 Å². The highest BCUT2D eigenvalue weighted by molar-refractivity contribution is 6.33. The quantitative estimate of drug-likeness (QED) is 0.764. The summed E-state index contributed by atoms with van der Waals surface area (Å²) in [6.45, 7) is 2.44. The fourth-order valence-corrected chi connectivity index (χ4v) is 2.49. The fraction of sp³-hybridized carbons (Fsp3) is 0.118. The second kappa shape index (κ2) is 5.62. The van der Waals surface area contributed by atoms with Gasteiger partial charge < -0.3 is 10.3 Å². The molecule has 2 aromatic carbocycles. The van der Waals surface area contributed by atoms with Gasteiger partial charge in [-0.05, 0) is 42.1 Å². The van der Waals surface area contributed by atoms with E-state index in [4.69, 9.17) is 11.6 Å². The summed E-state index contributed by atoms with van der Waals surface area (Å²) in [4.78, 5) is 15.0. The maximum Gasteiger partial charge on any atom is 0.253 e. The smallest absolute Gasteiger partial charge is 0.253 e. The van der Waals surface area contributed by atoms with Crippen LogP contribution in [-0.2, 0) is 6.54 Å². The summed E-state index contributed by atoms with van der Waals surface area (Å²) in [5.74, 6) is 0. The summed E-state index contributed by atoms with van der Waals surface area (Å²) in [5, 5.41) is 4.86. The van der Waals surface area contributed by atoms with Crippen molar-refractivity contribution in [2.75, 3.05) is 5.32 Å². The minimum absolute atomic E-state index is 0.0762. The SMILES string of the molecule is Cc1ccc2cc(CNc3ccccc3Cl)c(=O)[nH]c2c1. The number of anilines is 1. The van der Waals surface area contributed by atoms with Gasteiger partial charge >= 0.3 is 0 Å². The summed E-state index contributed by atoms with van der Waals surface area (Å²) in [6, 6.07) is 15.4. The number of pyridine rings is 1. The van der Waals surface area contributed by atoms with E-state index in [0.717, 1.165) is 22.2 Å². The van der Waals surface area contributed by atoms with Gasteiger partial charge in [0.1, 0.15) is 0 Å². The highest BCUT2D eigenvalue weighted by Crippen LogP contribution is 2.21. The van der Waals surface area contributed by atoms with Crippen molar-refractivity contribution in [3.63, 3.8) is 0 Å². The van der Waals surface area contributed by atoms with Crippen molar-refractivity contribution >= 4 is 28.2 Å². The van der Waals surface area contributed by atoms with E-state index in [1.807, 2.05) is 55.5 Å². The third-order valence-corrected chi connectivity index (χ3v) is 3.75. The molecule has 4 heteroatoms. The molecular weight excluding hydrogens is 284 g/mol. The second-order valence-corrected chi connectivity index (χ2v) is 5.46. The Labute approximate surface area is 127 Å². The number of H-pyrrole nitrogens is 1. The first-order chi connectivity index (χ1) is 10.1. The molecule has 0 aliphatic heterocycles. The summed E-state index contributed by atoms with van der Waals surface area (Å²) in [6.07, 6.45) is 0. The van der Waals surface area contributed by atoms with Crippen LogP contribution in [0.3, 0.4) is 0 Å². The number of nitrogens with one attached hydrogen (secondary N) is 2. The normalized spacial score (nSPS) is 10.8. The van der Waals surface area contributed by atoms with E-state index in [9.17, 15) is 4.79 Å². The van der Waals surface area contributed by atoms with Gasteiger partial charge in [0, 0.05) is 17.6 Å². The fourth-order valence-electron chi connectivity index (χ4n) is 2.29. The molecule has 0 amide bonds. The van der Waals surface area contributed by atoms with Gasteiger partial charge in [-0.2, -0.15) is 0 Å². The van der Waals surface area contributed by atoms with Crippen LogP contribution in [0.1, 0.15) is 11.1 Å². The molecule has 3 rings (SSSR count). The van der Waals surface area contributed by atoms with E-state index >= 15 is 0 Å². The van der Waals surface area contributed by atoms with E-state index in [-0.39, 0.29) is 5.56 Å². The van der Waals surface area contributed by atoms with E-state index in [0.29, 0.717) is 17.1 Å². The molecule has 1 aromatic heterocycles. The lowest BCUT2D eigenvalue weighted by Crippen LogP contribution is -2.15. The standard InChI is InChI=1S/C17H15ClN2O/c1-11-6-7-12-9-13(17(21)20-16(12)8-11)10-19-15-5-3-2-4-14(15)18/h2-9,19H,10H2,1H3,(H,20,21). The number of hydrogen-bond acceptors (Lipinski definition) is 2. The van der Waals surface area contributed by atoms with Crippen molar-refractivity contribution in [2.45, 2.75) is 13.5 Å². The number of hydrogen-bond donors (Lipinski definition) is 2. The largest absolute Gasteiger partial charge is 0.380 e. The molecule has 0 saturated heterocycles.